The van der Waals surface area contributed by atoms with Crippen molar-refractivity contribution in [3.63, 3.8) is 0 Å². The molecular formula is C24H23FN2O2. The summed E-state index contributed by atoms with van der Waals surface area (Å²) >= 11 is 0. The third kappa shape index (κ3) is 6.01. The van der Waals surface area contributed by atoms with Crippen LogP contribution in [0.2, 0.25) is 0 Å². The molecule has 0 atom stereocenters. The van der Waals surface area contributed by atoms with Crippen LogP contribution in [-0.4, -0.2) is 16.6 Å². The molecule has 1 aromatic heterocycles. The van der Waals surface area contributed by atoms with E-state index in [2.05, 4.69) is 10.3 Å². The molecule has 148 valence electrons. The van der Waals surface area contributed by atoms with Gasteiger partial charge in [0.15, 0.2) is 0 Å². The Bertz CT molecular complexity index is 1010. The van der Waals surface area contributed by atoms with Gasteiger partial charge in [-0.05, 0) is 74.4 Å². The summed E-state index contributed by atoms with van der Waals surface area (Å²) in [5.74, 6) is -0.749. The van der Waals surface area contributed by atoms with Crippen LogP contribution in [0.25, 0.3) is 12.2 Å². The number of rotatable bonds is 5. The Morgan fingerprint density at radius 2 is 1.76 bits per heavy atom. The monoisotopic (exact) mass is 390 g/mol. The maximum atomic E-state index is 13.2. The lowest BCUT2D eigenvalue weighted by atomic mass is 10.1. The van der Waals surface area contributed by atoms with E-state index in [0.29, 0.717) is 16.9 Å². The van der Waals surface area contributed by atoms with Crippen LogP contribution in [0.3, 0.4) is 0 Å². The van der Waals surface area contributed by atoms with Crippen molar-refractivity contribution in [3.05, 3.63) is 89.5 Å². The first kappa shape index (κ1) is 20.3. The van der Waals surface area contributed by atoms with Crippen LogP contribution in [0.4, 0.5) is 15.8 Å². The number of benzene rings is 2. The highest BCUT2D eigenvalue weighted by Crippen LogP contribution is 2.26. The number of nitrogens with one attached hydrogen (secondary N) is 1. The normalized spacial score (nSPS) is 11.4. The second-order valence-electron chi connectivity index (χ2n) is 7.56. The first-order valence-corrected chi connectivity index (χ1v) is 9.28. The van der Waals surface area contributed by atoms with Gasteiger partial charge >= 0.3 is 5.97 Å². The van der Waals surface area contributed by atoms with E-state index in [0.717, 1.165) is 11.1 Å². The fraction of sp³-hybridized carbons (Fsp3) is 0.167. The van der Waals surface area contributed by atoms with Gasteiger partial charge in [0.1, 0.15) is 11.4 Å². The van der Waals surface area contributed by atoms with Gasteiger partial charge in [0.2, 0.25) is 0 Å². The zero-order chi connectivity index (χ0) is 20.9. The third-order valence-electron chi connectivity index (χ3n) is 3.94. The number of halogens is 1. The average molecular weight is 390 g/mol. The quantitative estimate of drug-likeness (QED) is 0.536. The molecule has 0 bridgehead atoms. The van der Waals surface area contributed by atoms with Gasteiger partial charge in [-0.1, -0.05) is 24.3 Å². The lowest BCUT2D eigenvalue weighted by Gasteiger charge is -2.21. The van der Waals surface area contributed by atoms with Gasteiger partial charge in [-0.3, -0.25) is 4.98 Å². The van der Waals surface area contributed by atoms with Crippen LogP contribution < -0.4 is 5.32 Å². The Kier molecular flexibility index (Phi) is 6.07. The van der Waals surface area contributed by atoms with Crippen LogP contribution in [0, 0.1) is 5.82 Å². The summed E-state index contributed by atoms with van der Waals surface area (Å²) in [5.41, 5.74) is 2.91. The minimum absolute atomic E-state index is 0.323. The number of aromatic nitrogens is 1. The summed E-state index contributed by atoms with van der Waals surface area (Å²) < 4.78 is 18.8. The van der Waals surface area contributed by atoms with Crippen molar-refractivity contribution in [3.8, 4) is 0 Å². The molecule has 0 fully saturated rings. The molecule has 3 aromatic rings. The molecule has 3 rings (SSSR count). The minimum atomic E-state index is -0.608. The Balaban J connectivity index is 1.93. The molecule has 0 aliphatic heterocycles. The molecule has 2 aromatic carbocycles. The number of carbonyl (C=O) groups is 1. The lowest BCUT2D eigenvalue weighted by Crippen LogP contribution is -2.24. The van der Waals surface area contributed by atoms with E-state index in [1.807, 2.05) is 57.2 Å². The Labute approximate surface area is 170 Å². The molecule has 0 aliphatic rings. The molecule has 0 aliphatic carbocycles. The molecule has 0 amide bonds. The number of pyridine rings is 1. The molecule has 4 nitrogen and oxygen atoms in total. The van der Waals surface area contributed by atoms with Gasteiger partial charge in [0.05, 0.1) is 11.3 Å². The Morgan fingerprint density at radius 3 is 2.41 bits per heavy atom. The second-order valence-corrected chi connectivity index (χ2v) is 7.56. The summed E-state index contributed by atoms with van der Waals surface area (Å²) in [7, 11) is 0. The maximum absolute atomic E-state index is 13.2. The summed E-state index contributed by atoms with van der Waals surface area (Å²) in [4.78, 5) is 16.8. The number of hydrogen-bond donors (Lipinski definition) is 1. The number of nitrogens with zero attached hydrogens (tertiary/aromatic N) is 1. The molecule has 0 spiro atoms. The fourth-order valence-electron chi connectivity index (χ4n) is 2.64. The standard InChI is InChI=1S/C24H23FN2O2/c1-24(2,3)29-23(28)21-13-8-17(6-7-18-5-4-14-26-16-18)15-22(21)27-20-11-9-19(25)10-12-20/h4-16,27H,1-3H3. The zero-order valence-corrected chi connectivity index (χ0v) is 16.6. The summed E-state index contributed by atoms with van der Waals surface area (Å²) in [6.45, 7) is 5.47. The zero-order valence-electron chi connectivity index (χ0n) is 16.6. The first-order chi connectivity index (χ1) is 13.8. The highest BCUT2D eigenvalue weighted by atomic mass is 19.1. The number of carbonyl (C=O) groups excluding carboxylic acids is 1. The van der Waals surface area contributed by atoms with Gasteiger partial charge in [0.25, 0.3) is 0 Å². The van der Waals surface area contributed by atoms with Crippen LogP contribution in [0.15, 0.2) is 67.0 Å². The molecule has 1 N–H and O–H groups in total. The lowest BCUT2D eigenvalue weighted by molar-refractivity contribution is 0.00707. The SMILES string of the molecule is CC(C)(C)OC(=O)c1ccc(C=Cc2cccnc2)cc1Nc1ccc(F)cc1. The van der Waals surface area contributed by atoms with Crippen LogP contribution in [0.5, 0.6) is 0 Å². The molecule has 0 radical (unpaired) electrons. The van der Waals surface area contributed by atoms with Crippen molar-refractivity contribution in [2.45, 2.75) is 26.4 Å². The molecule has 29 heavy (non-hydrogen) atoms. The van der Waals surface area contributed by atoms with Gasteiger partial charge in [-0.25, -0.2) is 9.18 Å². The summed E-state index contributed by atoms with van der Waals surface area (Å²) in [6, 6.07) is 15.2. The number of anilines is 2. The fourth-order valence-corrected chi connectivity index (χ4v) is 2.64. The van der Waals surface area contributed by atoms with E-state index in [1.165, 1.54) is 12.1 Å². The molecule has 5 heteroatoms. The van der Waals surface area contributed by atoms with E-state index in [4.69, 9.17) is 4.74 Å². The van der Waals surface area contributed by atoms with Crippen molar-refractivity contribution in [1.29, 1.82) is 0 Å². The van der Waals surface area contributed by atoms with Crippen LogP contribution in [-0.2, 0) is 4.74 Å². The highest BCUT2D eigenvalue weighted by Gasteiger charge is 2.20. The van der Waals surface area contributed by atoms with Gasteiger partial charge in [-0.2, -0.15) is 0 Å². The van der Waals surface area contributed by atoms with Crippen molar-refractivity contribution in [1.82, 2.24) is 4.98 Å². The number of esters is 1. The summed E-state index contributed by atoms with van der Waals surface area (Å²) in [6.07, 6.45) is 7.36. The van der Waals surface area contributed by atoms with Crippen molar-refractivity contribution in [2.75, 3.05) is 5.32 Å². The van der Waals surface area contributed by atoms with Crippen molar-refractivity contribution < 1.29 is 13.9 Å². The molecule has 1 heterocycles. The van der Waals surface area contributed by atoms with E-state index < -0.39 is 11.6 Å². The highest BCUT2D eigenvalue weighted by molar-refractivity contribution is 5.97. The second kappa shape index (κ2) is 8.69. The van der Waals surface area contributed by atoms with Crippen LogP contribution in [0.1, 0.15) is 42.3 Å². The van der Waals surface area contributed by atoms with Crippen LogP contribution >= 0.6 is 0 Å². The van der Waals surface area contributed by atoms with Crippen molar-refractivity contribution >= 4 is 29.5 Å². The van der Waals surface area contributed by atoms with Gasteiger partial charge < -0.3 is 10.1 Å². The van der Waals surface area contributed by atoms with E-state index in [-0.39, 0.29) is 5.82 Å². The first-order valence-electron chi connectivity index (χ1n) is 9.28. The Morgan fingerprint density at radius 1 is 1.03 bits per heavy atom. The molecule has 0 unspecified atom stereocenters. The van der Waals surface area contributed by atoms with Gasteiger partial charge in [0, 0.05) is 18.1 Å². The molecular weight excluding hydrogens is 367 g/mol. The van der Waals surface area contributed by atoms with E-state index >= 15 is 0 Å². The predicted octanol–water partition coefficient (Wildman–Crippen LogP) is 6.09. The van der Waals surface area contributed by atoms with E-state index in [9.17, 15) is 9.18 Å². The molecule has 0 saturated carbocycles. The van der Waals surface area contributed by atoms with E-state index in [1.54, 1.807) is 30.6 Å². The average Bonchev–Trinajstić information content (AvgIpc) is 2.68. The smallest absolute Gasteiger partial charge is 0.340 e. The van der Waals surface area contributed by atoms with Crippen molar-refractivity contribution in [2.24, 2.45) is 0 Å². The number of ether oxygens (including phenoxy) is 1. The predicted molar refractivity (Wildman–Crippen MR) is 114 cm³/mol. The minimum Gasteiger partial charge on any atom is -0.456 e. The number of hydrogen-bond acceptors (Lipinski definition) is 4. The Hall–Kier alpha value is -3.47. The van der Waals surface area contributed by atoms with Gasteiger partial charge in [-0.15, -0.1) is 0 Å². The topological polar surface area (TPSA) is 51.2 Å². The summed E-state index contributed by atoms with van der Waals surface area (Å²) in [5, 5.41) is 3.19. The maximum Gasteiger partial charge on any atom is 0.340 e. The third-order valence-corrected chi connectivity index (χ3v) is 3.94. The largest absolute Gasteiger partial charge is 0.456 e. The molecule has 0 saturated heterocycles.